The van der Waals surface area contributed by atoms with Gasteiger partial charge < -0.3 is 14.7 Å². The van der Waals surface area contributed by atoms with Gasteiger partial charge in [-0.05, 0) is 26.8 Å². The summed E-state index contributed by atoms with van der Waals surface area (Å²) in [6, 6.07) is 4.60. The molecule has 1 amide bonds. The Morgan fingerprint density at radius 2 is 2.10 bits per heavy atom. The quantitative estimate of drug-likeness (QED) is 0.920. The minimum atomic E-state index is -0.982. The molecule has 0 aromatic carbocycles. The maximum Gasteiger partial charge on any atom is 0.309 e. The summed E-state index contributed by atoms with van der Waals surface area (Å²) in [4.78, 5) is 29.7. The lowest BCUT2D eigenvalue weighted by atomic mass is 9.95. The third-order valence-electron chi connectivity index (χ3n) is 3.62. The van der Waals surface area contributed by atoms with Crippen molar-refractivity contribution in [1.82, 2.24) is 9.88 Å². The van der Waals surface area contributed by atoms with Crippen LogP contribution in [0.5, 0.6) is 5.88 Å². The molecule has 6 heteroatoms. The number of aliphatic carboxylic acids is 1. The largest absolute Gasteiger partial charge is 0.481 e. The number of hydrogen-bond donors (Lipinski definition) is 1. The fourth-order valence-electron chi connectivity index (χ4n) is 2.79. The molecule has 0 aliphatic carbocycles. The van der Waals surface area contributed by atoms with Gasteiger partial charge >= 0.3 is 5.97 Å². The average Bonchev–Trinajstić information content (AvgIpc) is 2.76. The summed E-state index contributed by atoms with van der Waals surface area (Å²) in [5.74, 6) is -1.53. The SMILES string of the molecule is COc1cccc(C2C(C(=O)O)CC(=O)N2C(C)(C)C)n1. The van der Waals surface area contributed by atoms with Gasteiger partial charge in [0.15, 0.2) is 0 Å². The monoisotopic (exact) mass is 292 g/mol. The average molecular weight is 292 g/mol. The third-order valence-corrected chi connectivity index (χ3v) is 3.62. The van der Waals surface area contributed by atoms with E-state index in [-0.39, 0.29) is 12.3 Å². The van der Waals surface area contributed by atoms with Crippen LogP contribution in [-0.2, 0) is 9.59 Å². The third kappa shape index (κ3) is 2.84. The normalized spacial score (nSPS) is 22.5. The van der Waals surface area contributed by atoms with Crippen molar-refractivity contribution in [3.05, 3.63) is 23.9 Å². The van der Waals surface area contributed by atoms with Crippen molar-refractivity contribution in [1.29, 1.82) is 0 Å². The van der Waals surface area contributed by atoms with Crippen LogP contribution < -0.4 is 4.74 Å². The Balaban J connectivity index is 2.51. The Bertz CT molecular complexity index is 565. The Morgan fingerprint density at radius 3 is 2.62 bits per heavy atom. The van der Waals surface area contributed by atoms with Gasteiger partial charge in [0.1, 0.15) is 0 Å². The van der Waals surface area contributed by atoms with E-state index in [1.807, 2.05) is 20.8 Å². The lowest BCUT2D eigenvalue weighted by Gasteiger charge is -2.37. The molecule has 2 rings (SSSR count). The van der Waals surface area contributed by atoms with E-state index in [9.17, 15) is 14.7 Å². The zero-order chi connectivity index (χ0) is 15.8. The van der Waals surface area contributed by atoms with Crippen LogP contribution in [-0.4, -0.2) is 39.5 Å². The standard InChI is InChI=1S/C15H20N2O4/c1-15(2,3)17-12(18)8-9(14(19)20)13(17)10-6-5-7-11(16-10)21-4/h5-7,9,13H,8H2,1-4H3,(H,19,20). The molecule has 114 valence electrons. The van der Waals surface area contributed by atoms with Crippen LogP contribution in [0.4, 0.5) is 0 Å². The molecule has 1 fully saturated rings. The number of carboxylic acid groups (broad SMARTS) is 1. The van der Waals surface area contributed by atoms with E-state index in [2.05, 4.69) is 4.98 Å². The highest BCUT2D eigenvalue weighted by atomic mass is 16.5. The number of carbonyl (C=O) groups is 2. The summed E-state index contributed by atoms with van der Waals surface area (Å²) in [6.45, 7) is 5.67. The lowest BCUT2D eigenvalue weighted by Crippen LogP contribution is -2.44. The summed E-state index contributed by atoms with van der Waals surface area (Å²) in [5.41, 5.74) is 0.0685. The minimum Gasteiger partial charge on any atom is -0.481 e. The van der Waals surface area contributed by atoms with Gasteiger partial charge in [0.25, 0.3) is 0 Å². The van der Waals surface area contributed by atoms with Crippen molar-refractivity contribution < 1.29 is 19.4 Å². The molecular weight excluding hydrogens is 272 g/mol. The number of nitrogens with zero attached hydrogens (tertiary/aromatic N) is 2. The first-order chi connectivity index (χ1) is 9.75. The predicted octanol–water partition coefficient (Wildman–Crippen LogP) is 1.86. The van der Waals surface area contributed by atoms with Crippen molar-refractivity contribution >= 4 is 11.9 Å². The second-order valence-corrected chi connectivity index (χ2v) is 6.13. The molecule has 0 radical (unpaired) electrons. The van der Waals surface area contributed by atoms with Crippen LogP contribution >= 0.6 is 0 Å². The topological polar surface area (TPSA) is 79.7 Å². The minimum absolute atomic E-state index is 0.00381. The van der Waals surface area contributed by atoms with Gasteiger partial charge in [0.05, 0.1) is 24.8 Å². The van der Waals surface area contributed by atoms with Crippen LogP contribution in [0.25, 0.3) is 0 Å². The highest BCUT2D eigenvalue weighted by molar-refractivity contribution is 5.87. The van der Waals surface area contributed by atoms with Gasteiger partial charge in [-0.2, -0.15) is 0 Å². The van der Waals surface area contributed by atoms with Crippen LogP contribution in [0.1, 0.15) is 38.9 Å². The summed E-state index contributed by atoms with van der Waals surface area (Å²) >= 11 is 0. The second-order valence-electron chi connectivity index (χ2n) is 6.13. The van der Waals surface area contributed by atoms with E-state index in [0.29, 0.717) is 11.6 Å². The molecule has 0 spiro atoms. The maximum atomic E-state index is 12.3. The molecule has 2 atom stereocenters. The molecule has 1 aromatic heterocycles. The van der Waals surface area contributed by atoms with E-state index in [1.54, 1.807) is 23.1 Å². The molecule has 1 saturated heterocycles. The molecule has 2 heterocycles. The van der Waals surface area contributed by atoms with Crippen LogP contribution in [0.15, 0.2) is 18.2 Å². The first-order valence-corrected chi connectivity index (χ1v) is 6.81. The zero-order valence-corrected chi connectivity index (χ0v) is 12.7. The van der Waals surface area contributed by atoms with Gasteiger partial charge in [-0.25, -0.2) is 4.98 Å². The molecule has 21 heavy (non-hydrogen) atoms. The van der Waals surface area contributed by atoms with Crippen molar-refractivity contribution in [2.45, 2.75) is 38.8 Å². The molecule has 1 N–H and O–H groups in total. The van der Waals surface area contributed by atoms with E-state index in [4.69, 9.17) is 4.74 Å². The number of pyridine rings is 1. The van der Waals surface area contributed by atoms with Crippen molar-refractivity contribution in [2.75, 3.05) is 7.11 Å². The molecule has 2 unspecified atom stereocenters. The van der Waals surface area contributed by atoms with E-state index in [0.717, 1.165) is 0 Å². The summed E-state index contributed by atoms with van der Waals surface area (Å²) in [7, 11) is 1.50. The van der Waals surface area contributed by atoms with Crippen molar-refractivity contribution in [2.24, 2.45) is 5.92 Å². The maximum absolute atomic E-state index is 12.3. The van der Waals surface area contributed by atoms with Crippen molar-refractivity contribution in [3.63, 3.8) is 0 Å². The number of likely N-dealkylation sites (tertiary alicyclic amines) is 1. The number of rotatable bonds is 3. The predicted molar refractivity (Wildman–Crippen MR) is 75.9 cm³/mol. The summed E-state index contributed by atoms with van der Waals surface area (Å²) < 4.78 is 5.10. The Labute approximate surface area is 123 Å². The number of carbonyl (C=O) groups excluding carboxylic acids is 1. The number of hydrogen-bond acceptors (Lipinski definition) is 4. The van der Waals surface area contributed by atoms with Gasteiger partial charge in [-0.15, -0.1) is 0 Å². The first-order valence-electron chi connectivity index (χ1n) is 6.81. The van der Waals surface area contributed by atoms with Crippen molar-refractivity contribution in [3.8, 4) is 5.88 Å². The number of ether oxygens (including phenoxy) is 1. The summed E-state index contributed by atoms with van der Waals surface area (Å²) in [6.07, 6.45) is -0.00381. The molecule has 6 nitrogen and oxygen atoms in total. The Morgan fingerprint density at radius 1 is 1.43 bits per heavy atom. The van der Waals surface area contributed by atoms with E-state index in [1.165, 1.54) is 7.11 Å². The van der Waals surface area contributed by atoms with Crippen LogP contribution in [0.2, 0.25) is 0 Å². The fraction of sp³-hybridized carbons (Fsp3) is 0.533. The Hall–Kier alpha value is -2.11. The molecule has 1 aliphatic heterocycles. The highest BCUT2D eigenvalue weighted by Gasteiger charge is 2.49. The molecular formula is C15H20N2O4. The molecule has 1 aromatic rings. The fourth-order valence-corrected chi connectivity index (χ4v) is 2.79. The second kappa shape index (κ2) is 5.35. The van der Waals surface area contributed by atoms with E-state index >= 15 is 0 Å². The van der Waals surface area contributed by atoms with Gasteiger partial charge in [-0.3, -0.25) is 9.59 Å². The number of methoxy groups -OCH3 is 1. The highest BCUT2D eigenvalue weighted by Crippen LogP contribution is 2.42. The van der Waals surface area contributed by atoms with E-state index < -0.39 is 23.5 Å². The van der Waals surface area contributed by atoms with Crippen LogP contribution in [0.3, 0.4) is 0 Å². The van der Waals surface area contributed by atoms with Gasteiger partial charge in [-0.1, -0.05) is 6.07 Å². The van der Waals surface area contributed by atoms with Crippen LogP contribution in [0, 0.1) is 5.92 Å². The summed E-state index contributed by atoms with van der Waals surface area (Å²) in [5, 5.41) is 9.43. The number of carboxylic acids is 1. The number of aromatic nitrogens is 1. The zero-order valence-electron chi connectivity index (χ0n) is 12.7. The molecule has 0 saturated carbocycles. The smallest absolute Gasteiger partial charge is 0.309 e. The Kier molecular flexibility index (Phi) is 3.89. The van der Waals surface area contributed by atoms with Gasteiger partial charge in [0, 0.05) is 18.0 Å². The number of amides is 1. The molecule has 0 bridgehead atoms. The lowest BCUT2D eigenvalue weighted by molar-refractivity contribution is -0.143. The molecule has 1 aliphatic rings. The first kappa shape index (κ1) is 15.3. The van der Waals surface area contributed by atoms with Gasteiger partial charge in [0.2, 0.25) is 11.8 Å².